The second-order valence-electron chi connectivity index (χ2n) is 4.43. The molecular weight excluding hydrogens is 414 g/mol. The van der Waals surface area contributed by atoms with E-state index in [0.717, 1.165) is 11.3 Å². The van der Waals surface area contributed by atoms with Crippen LogP contribution in [0.2, 0.25) is 0 Å². The lowest BCUT2D eigenvalue weighted by Crippen LogP contribution is -2.37. The van der Waals surface area contributed by atoms with E-state index in [2.05, 4.69) is 15.0 Å². The summed E-state index contributed by atoms with van der Waals surface area (Å²) in [5.41, 5.74) is 6.63. The van der Waals surface area contributed by atoms with E-state index in [4.69, 9.17) is 10.5 Å². The van der Waals surface area contributed by atoms with Crippen molar-refractivity contribution in [2.75, 3.05) is 19.8 Å². The zero-order valence-corrected chi connectivity index (χ0v) is 13.9. The van der Waals surface area contributed by atoms with Gasteiger partial charge in [0.15, 0.2) is 5.96 Å². The average molecular weight is 431 g/mol. The number of rotatable bonds is 4. The first-order chi connectivity index (χ1) is 9.96. The highest BCUT2D eigenvalue weighted by atomic mass is 127. The lowest BCUT2D eigenvalue weighted by atomic mass is 10.0. The Balaban J connectivity index is 0.00000242. The first kappa shape index (κ1) is 18.8. The van der Waals surface area contributed by atoms with Gasteiger partial charge in [0.25, 0.3) is 0 Å². The van der Waals surface area contributed by atoms with Gasteiger partial charge in [0, 0.05) is 12.0 Å². The van der Waals surface area contributed by atoms with Crippen LogP contribution in [0.4, 0.5) is 13.2 Å². The first-order valence-electron chi connectivity index (χ1n) is 6.44. The fourth-order valence-electron chi connectivity index (χ4n) is 2.04. The largest absolute Gasteiger partial charge is 0.522 e. The molecule has 22 heavy (non-hydrogen) atoms. The number of benzene rings is 1. The van der Waals surface area contributed by atoms with E-state index in [1.165, 1.54) is 0 Å². The second-order valence-corrected chi connectivity index (χ2v) is 4.43. The number of para-hydroxylation sites is 1. The molecule has 9 heteroatoms. The van der Waals surface area contributed by atoms with E-state index < -0.39 is 13.0 Å². The number of ether oxygens (including phenoxy) is 2. The molecule has 1 aromatic rings. The monoisotopic (exact) mass is 431 g/mol. The third-order valence-electron chi connectivity index (χ3n) is 2.92. The molecular formula is C13H17F3IN3O2. The number of hydrogen-bond acceptors (Lipinski definition) is 3. The maximum Gasteiger partial charge on any atom is 0.522 e. The molecule has 0 saturated heterocycles. The summed E-state index contributed by atoms with van der Waals surface area (Å²) in [4.78, 5) is 3.81. The third-order valence-corrected chi connectivity index (χ3v) is 2.92. The van der Waals surface area contributed by atoms with Gasteiger partial charge in [-0.25, -0.2) is 0 Å². The number of aliphatic imine (C=N–C) groups is 1. The van der Waals surface area contributed by atoms with E-state index in [0.29, 0.717) is 13.0 Å². The smallest absolute Gasteiger partial charge is 0.493 e. The van der Waals surface area contributed by atoms with Gasteiger partial charge in [0.05, 0.1) is 25.8 Å². The lowest BCUT2D eigenvalue weighted by Gasteiger charge is -2.26. The van der Waals surface area contributed by atoms with Gasteiger partial charge >= 0.3 is 6.36 Å². The zero-order chi connectivity index (χ0) is 15.3. The summed E-state index contributed by atoms with van der Waals surface area (Å²) in [6, 6.07) is 7.45. The minimum absolute atomic E-state index is 0. The molecule has 0 amide bonds. The van der Waals surface area contributed by atoms with Crippen molar-refractivity contribution < 1.29 is 22.6 Å². The van der Waals surface area contributed by atoms with Crippen LogP contribution in [0.25, 0.3) is 0 Å². The number of fused-ring (bicyclic) bond motifs is 1. The molecule has 0 aliphatic carbocycles. The zero-order valence-electron chi connectivity index (χ0n) is 11.6. The molecule has 1 heterocycles. The number of nitrogens with zero attached hydrogens (tertiary/aromatic N) is 1. The van der Waals surface area contributed by atoms with E-state index >= 15 is 0 Å². The van der Waals surface area contributed by atoms with Crippen LogP contribution < -0.4 is 15.8 Å². The Morgan fingerprint density at radius 3 is 2.86 bits per heavy atom. The number of guanidine groups is 1. The molecule has 124 valence electrons. The predicted molar refractivity (Wildman–Crippen MR) is 86.3 cm³/mol. The van der Waals surface area contributed by atoms with Gasteiger partial charge in [-0.05, 0) is 6.07 Å². The normalized spacial score (nSPS) is 18.0. The van der Waals surface area contributed by atoms with E-state index in [1.807, 2.05) is 24.3 Å². The van der Waals surface area contributed by atoms with Gasteiger partial charge in [-0.15, -0.1) is 37.1 Å². The third kappa shape index (κ3) is 5.87. The van der Waals surface area contributed by atoms with Crippen LogP contribution >= 0.6 is 24.0 Å². The van der Waals surface area contributed by atoms with E-state index in [1.54, 1.807) is 0 Å². The summed E-state index contributed by atoms with van der Waals surface area (Å²) in [5, 5.41) is 2.98. The summed E-state index contributed by atoms with van der Waals surface area (Å²) in [7, 11) is 0. The summed E-state index contributed by atoms with van der Waals surface area (Å²) >= 11 is 0. The number of nitrogens with two attached hydrogens (primary N) is 1. The summed E-state index contributed by atoms with van der Waals surface area (Å²) < 4.78 is 44.5. The van der Waals surface area contributed by atoms with Crippen LogP contribution in [0, 0.1) is 0 Å². The Morgan fingerprint density at radius 1 is 1.41 bits per heavy atom. The van der Waals surface area contributed by atoms with Gasteiger partial charge in [-0.1, -0.05) is 18.2 Å². The van der Waals surface area contributed by atoms with Crippen LogP contribution in [-0.2, 0) is 4.74 Å². The Labute approximate surface area is 143 Å². The number of nitrogens with one attached hydrogen (secondary N) is 1. The second kappa shape index (κ2) is 8.42. The van der Waals surface area contributed by atoms with Crippen LogP contribution in [0.15, 0.2) is 29.3 Å². The SMILES string of the molecule is I.NC(=NCCOC(F)(F)F)NC1CCOc2ccccc21. The molecule has 0 saturated carbocycles. The molecule has 1 unspecified atom stereocenters. The Hall–Kier alpha value is -1.23. The van der Waals surface area contributed by atoms with Crippen LogP contribution in [0.3, 0.4) is 0 Å². The quantitative estimate of drug-likeness (QED) is 0.333. The van der Waals surface area contributed by atoms with Crippen molar-refractivity contribution in [2.24, 2.45) is 10.7 Å². The standard InChI is InChI=1S/C13H16F3N3O2.HI/c14-13(15,16)21-8-6-18-12(17)19-10-5-7-20-11-4-2-1-3-9(10)11;/h1-4,10H,5-8H2,(H3,17,18,19);1H. The Bertz CT molecular complexity index is 512. The molecule has 0 radical (unpaired) electrons. The maximum atomic E-state index is 11.8. The summed E-state index contributed by atoms with van der Waals surface area (Å²) in [6.07, 6.45) is -3.94. The highest BCUT2D eigenvalue weighted by molar-refractivity contribution is 14.0. The van der Waals surface area contributed by atoms with Gasteiger partial charge in [0.2, 0.25) is 0 Å². The van der Waals surface area contributed by atoms with E-state index in [9.17, 15) is 13.2 Å². The minimum Gasteiger partial charge on any atom is -0.493 e. The number of halogens is 4. The fourth-order valence-corrected chi connectivity index (χ4v) is 2.04. The highest BCUT2D eigenvalue weighted by Crippen LogP contribution is 2.31. The molecule has 3 N–H and O–H groups in total. The van der Waals surface area contributed by atoms with Crippen molar-refractivity contribution in [2.45, 2.75) is 18.8 Å². The molecule has 1 aliphatic rings. The molecule has 0 aromatic heterocycles. The summed E-state index contributed by atoms with van der Waals surface area (Å²) in [5.74, 6) is 0.858. The molecule has 0 bridgehead atoms. The van der Waals surface area contributed by atoms with Crippen LogP contribution in [0.5, 0.6) is 5.75 Å². The van der Waals surface area contributed by atoms with Crippen LogP contribution in [-0.4, -0.2) is 32.1 Å². The Morgan fingerprint density at radius 2 is 2.14 bits per heavy atom. The summed E-state index contributed by atoms with van der Waals surface area (Å²) in [6.45, 7) is -0.182. The molecule has 5 nitrogen and oxygen atoms in total. The molecule has 1 aromatic carbocycles. The molecule has 0 fully saturated rings. The van der Waals surface area contributed by atoms with E-state index in [-0.39, 0.29) is 42.5 Å². The number of hydrogen-bond donors (Lipinski definition) is 2. The highest BCUT2D eigenvalue weighted by Gasteiger charge is 2.28. The first-order valence-corrected chi connectivity index (χ1v) is 6.44. The van der Waals surface area contributed by atoms with Crippen molar-refractivity contribution in [1.29, 1.82) is 0 Å². The van der Waals surface area contributed by atoms with Crippen molar-refractivity contribution in [1.82, 2.24) is 5.32 Å². The van der Waals surface area contributed by atoms with Crippen molar-refractivity contribution in [3.05, 3.63) is 29.8 Å². The number of alkyl halides is 3. The Kier molecular flexibility index (Phi) is 7.20. The minimum atomic E-state index is -4.64. The van der Waals surface area contributed by atoms with Gasteiger partial charge in [0.1, 0.15) is 5.75 Å². The van der Waals surface area contributed by atoms with Crippen molar-refractivity contribution >= 4 is 29.9 Å². The molecule has 2 rings (SSSR count). The van der Waals surface area contributed by atoms with Gasteiger partial charge < -0.3 is 15.8 Å². The topological polar surface area (TPSA) is 68.9 Å². The maximum absolute atomic E-state index is 11.8. The molecule has 1 atom stereocenters. The van der Waals surface area contributed by atoms with Crippen LogP contribution in [0.1, 0.15) is 18.0 Å². The van der Waals surface area contributed by atoms with Gasteiger partial charge in [-0.3, -0.25) is 9.73 Å². The molecule has 1 aliphatic heterocycles. The predicted octanol–water partition coefficient (Wildman–Crippen LogP) is 2.57. The average Bonchev–Trinajstić information content (AvgIpc) is 2.43. The van der Waals surface area contributed by atoms with Crippen molar-refractivity contribution in [3.8, 4) is 5.75 Å². The van der Waals surface area contributed by atoms with Gasteiger partial charge in [-0.2, -0.15) is 0 Å². The molecule has 0 spiro atoms. The van der Waals surface area contributed by atoms with Crippen molar-refractivity contribution in [3.63, 3.8) is 0 Å². The fraction of sp³-hybridized carbons (Fsp3) is 0.462. The lowest BCUT2D eigenvalue weighted by molar-refractivity contribution is -0.323.